The van der Waals surface area contributed by atoms with E-state index in [0.29, 0.717) is 5.82 Å². The molecule has 0 aliphatic heterocycles. The Morgan fingerprint density at radius 3 is 2.38 bits per heavy atom. The van der Waals surface area contributed by atoms with Crippen LogP contribution in [0.15, 0.2) is 33.7 Å². The Balaban J connectivity index is 2.10. The minimum Gasteiger partial charge on any atom is -0.449 e. The average Bonchev–Trinajstić information content (AvgIpc) is 2.84. The molecule has 0 bridgehead atoms. The summed E-state index contributed by atoms with van der Waals surface area (Å²) in [5.41, 5.74) is 0.241. The highest BCUT2D eigenvalue weighted by atomic mass is 32.2. The van der Waals surface area contributed by atoms with E-state index in [1.54, 1.807) is 13.8 Å². The molecule has 1 aromatic heterocycles. The van der Waals surface area contributed by atoms with Crippen molar-refractivity contribution in [3.05, 3.63) is 41.5 Å². The van der Waals surface area contributed by atoms with Crippen LogP contribution in [0.5, 0.6) is 0 Å². The van der Waals surface area contributed by atoms with Gasteiger partial charge >= 0.3 is 5.97 Å². The highest BCUT2D eigenvalue weighted by Gasteiger charge is 2.19. The van der Waals surface area contributed by atoms with Crippen molar-refractivity contribution < 1.29 is 22.5 Å². The van der Waals surface area contributed by atoms with Gasteiger partial charge in [0.2, 0.25) is 0 Å². The van der Waals surface area contributed by atoms with Gasteiger partial charge in [-0.15, -0.1) is 0 Å². The van der Waals surface area contributed by atoms with Gasteiger partial charge in [-0.05, 0) is 38.1 Å². The molecule has 8 heteroatoms. The SMILES string of the molecule is Cc1noc(C(C)OC(=O)c2ccc(S(C)(=O)=O)cc2)n1. The Labute approximate surface area is 121 Å². The number of benzene rings is 1. The highest BCUT2D eigenvalue weighted by molar-refractivity contribution is 7.90. The van der Waals surface area contributed by atoms with Crippen molar-refractivity contribution in [2.24, 2.45) is 0 Å². The van der Waals surface area contributed by atoms with Crippen molar-refractivity contribution in [3.63, 3.8) is 0 Å². The first-order chi connectivity index (χ1) is 9.77. The molecule has 21 heavy (non-hydrogen) atoms. The first-order valence-electron chi connectivity index (χ1n) is 6.08. The molecule has 0 N–H and O–H groups in total. The normalized spacial score (nSPS) is 12.9. The van der Waals surface area contributed by atoms with Gasteiger partial charge in [0.1, 0.15) is 0 Å². The molecule has 0 saturated carbocycles. The van der Waals surface area contributed by atoms with Crippen LogP contribution in [0.25, 0.3) is 0 Å². The van der Waals surface area contributed by atoms with E-state index >= 15 is 0 Å². The molecule has 1 aromatic carbocycles. The van der Waals surface area contributed by atoms with Crippen LogP contribution in [0, 0.1) is 6.92 Å². The van der Waals surface area contributed by atoms with E-state index in [2.05, 4.69) is 10.1 Å². The standard InChI is InChI=1S/C13H14N2O5S/c1-8(12-14-9(2)15-20-12)19-13(16)10-4-6-11(7-5-10)21(3,17)18/h4-8H,1-3H3. The summed E-state index contributed by atoms with van der Waals surface area (Å²) in [6.07, 6.45) is 0.411. The molecule has 7 nitrogen and oxygen atoms in total. The predicted octanol–water partition coefficient (Wildman–Crippen LogP) is 1.70. The van der Waals surface area contributed by atoms with E-state index in [1.165, 1.54) is 24.3 Å². The van der Waals surface area contributed by atoms with Gasteiger partial charge in [-0.1, -0.05) is 5.16 Å². The molecule has 0 amide bonds. The maximum Gasteiger partial charge on any atom is 0.338 e. The maximum atomic E-state index is 11.9. The minimum absolute atomic E-state index is 0.139. The zero-order chi connectivity index (χ0) is 15.6. The first-order valence-corrected chi connectivity index (χ1v) is 7.98. The van der Waals surface area contributed by atoms with Crippen LogP contribution in [0.3, 0.4) is 0 Å². The first kappa shape index (κ1) is 15.2. The van der Waals surface area contributed by atoms with Gasteiger partial charge in [-0.2, -0.15) is 4.98 Å². The zero-order valence-electron chi connectivity index (χ0n) is 11.7. The van der Waals surface area contributed by atoms with Crippen LogP contribution in [-0.4, -0.2) is 30.8 Å². The molecule has 0 radical (unpaired) electrons. The van der Waals surface area contributed by atoms with E-state index in [1.807, 2.05) is 0 Å². The number of ether oxygens (including phenoxy) is 1. The van der Waals surface area contributed by atoms with Crippen LogP contribution in [-0.2, 0) is 14.6 Å². The summed E-state index contributed by atoms with van der Waals surface area (Å²) in [7, 11) is -3.29. The van der Waals surface area contributed by atoms with Crippen molar-refractivity contribution in [1.82, 2.24) is 10.1 Å². The Morgan fingerprint density at radius 1 is 1.29 bits per heavy atom. The Kier molecular flexibility index (Phi) is 4.08. The fraction of sp³-hybridized carbons (Fsp3) is 0.308. The van der Waals surface area contributed by atoms with Gasteiger partial charge in [-0.25, -0.2) is 13.2 Å². The lowest BCUT2D eigenvalue weighted by atomic mass is 10.2. The van der Waals surface area contributed by atoms with Gasteiger partial charge < -0.3 is 9.26 Å². The van der Waals surface area contributed by atoms with Crippen LogP contribution in [0.1, 0.15) is 35.1 Å². The van der Waals surface area contributed by atoms with E-state index in [0.717, 1.165) is 6.26 Å². The smallest absolute Gasteiger partial charge is 0.338 e. The number of sulfone groups is 1. The summed E-state index contributed by atoms with van der Waals surface area (Å²) < 4.78 is 32.8. The molecule has 0 spiro atoms. The van der Waals surface area contributed by atoms with Crippen LogP contribution < -0.4 is 0 Å². The van der Waals surface area contributed by atoms with Crippen molar-refractivity contribution >= 4 is 15.8 Å². The number of rotatable bonds is 4. The number of carbonyl (C=O) groups is 1. The molecule has 2 aromatic rings. The van der Waals surface area contributed by atoms with Gasteiger partial charge in [0.25, 0.3) is 5.89 Å². The number of aryl methyl sites for hydroxylation is 1. The molecule has 0 saturated heterocycles. The second-order valence-electron chi connectivity index (χ2n) is 4.52. The minimum atomic E-state index is -3.29. The molecule has 1 unspecified atom stereocenters. The summed E-state index contributed by atoms with van der Waals surface area (Å²) in [6.45, 7) is 3.27. The fourth-order valence-electron chi connectivity index (χ4n) is 1.60. The Hall–Kier alpha value is -2.22. The molecule has 1 atom stereocenters. The average molecular weight is 310 g/mol. The lowest BCUT2D eigenvalue weighted by Gasteiger charge is -2.09. The van der Waals surface area contributed by atoms with E-state index in [4.69, 9.17) is 9.26 Å². The zero-order valence-corrected chi connectivity index (χ0v) is 12.5. The van der Waals surface area contributed by atoms with Crippen molar-refractivity contribution in [3.8, 4) is 0 Å². The van der Waals surface area contributed by atoms with Crippen LogP contribution >= 0.6 is 0 Å². The number of hydrogen-bond acceptors (Lipinski definition) is 7. The number of carbonyl (C=O) groups excluding carboxylic acids is 1. The predicted molar refractivity (Wildman–Crippen MR) is 72.4 cm³/mol. The fourth-order valence-corrected chi connectivity index (χ4v) is 2.23. The molecular weight excluding hydrogens is 296 g/mol. The third-order valence-electron chi connectivity index (χ3n) is 2.69. The van der Waals surface area contributed by atoms with Crippen molar-refractivity contribution in [2.45, 2.75) is 24.8 Å². The van der Waals surface area contributed by atoms with Gasteiger partial charge in [0.15, 0.2) is 21.8 Å². The summed E-state index contributed by atoms with van der Waals surface area (Å²) in [4.78, 5) is 16.0. The third kappa shape index (κ3) is 3.66. The third-order valence-corrected chi connectivity index (χ3v) is 3.82. The lowest BCUT2D eigenvalue weighted by Crippen LogP contribution is -2.10. The van der Waals surface area contributed by atoms with Crippen LogP contribution in [0.2, 0.25) is 0 Å². The lowest BCUT2D eigenvalue weighted by molar-refractivity contribution is 0.0265. The summed E-state index contributed by atoms with van der Waals surface area (Å²) in [5.74, 6) is 0.0532. The number of nitrogens with zero attached hydrogens (tertiary/aromatic N) is 2. The molecule has 0 aliphatic carbocycles. The quantitative estimate of drug-likeness (QED) is 0.792. The maximum absolute atomic E-state index is 11.9. The Morgan fingerprint density at radius 2 is 1.90 bits per heavy atom. The molecule has 112 valence electrons. The van der Waals surface area contributed by atoms with Gasteiger partial charge in [-0.3, -0.25) is 0 Å². The second-order valence-corrected chi connectivity index (χ2v) is 6.54. The Bertz CT molecular complexity index is 749. The van der Waals surface area contributed by atoms with E-state index in [9.17, 15) is 13.2 Å². The van der Waals surface area contributed by atoms with Crippen LogP contribution in [0.4, 0.5) is 0 Å². The highest BCUT2D eigenvalue weighted by Crippen LogP contribution is 2.18. The molecule has 0 fully saturated rings. The number of hydrogen-bond donors (Lipinski definition) is 0. The summed E-state index contributed by atoms with van der Waals surface area (Å²) >= 11 is 0. The monoisotopic (exact) mass is 310 g/mol. The molecule has 2 rings (SSSR count). The summed E-state index contributed by atoms with van der Waals surface area (Å²) in [6, 6.07) is 5.50. The topological polar surface area (TPSA) is 99.4 Å². The van der Waals surface area contributed by atoms with E-state index in [-0.39, 0.29) is 16.3 Å². The number of aromatic nitrogens is 2. The van der Waals surface area contributed by atoms with Gasteiger partial charge in [0, 0.05) is 6.26 Å². The van der Waals surface area contributed by atoms with Crippen molar-refractivity contribution in [2.75, 3.05) is 6.26 Å². The van der Waals surface area contributed by atoms with E-state index < -0.39 is 21.9 Å². The molecule has 0 aliphatic rings. The largest absolute Gasteiger partial charge is 0.449 e. The second kappa shape index (κ2) is 5.65. The van der Waals surface area contributed by atoms with Crippen molar-refractivity contribution in [1.29, 1.82) is 0 Å². The summed E-state index contributed by atoms with van der Waals surface area (Å²) in [5, 5.41) is 3.61. The van der Waals surface area contributed by atoms with Gasteiger partial charge in [0.05, 0.1) is 10.5 Å². The molecule has 1 heterocycles. The number of esters is 1. The molecular formula is C13H14N2O5S.